The standard InChI is InChI=1S/C55H33N7.C51H31N7/c1-3-9-37(10-4-1)53-60-54(38-11-5-2-6-12-38)62-55(61-53)50-28-19-35-16-18-40(32-51(35)58-50)39-21-25-47-41(31-39)22-27-48(57-47)44-23-24-45(43-14-8-7-13-42(43)44)49-26-20-36-17-15-34-29-30-56-33-46(34)52(36)59-49;1-3-9-35(10-4-1)49-56-50(36-11-5-2-6-12-36)58-51(57-49)45-26-21-34-19-20-38(31-46(34)55-45)37-22-24-44-39(29-37)23-25-43(54-44)33-17-15-32(16-18-33)42-30-40-13-7-27-52-47(40)48-41(42)14-8-28-53-48/h1-33H;1-31H. The van der Waals surface area contributed by atoms with Crippen LogP contribution in [0.25, 0.3) is 234 Å². The van der Waals surface area contributed by atoms with Crippen molar-refractivity contribution in [1.29, 1.82) is 0 Å². The van der Waals surface area contributed by atoms with Crippen LogP contribution in [0.4, 0.5) is 0 Å². The lowest BCUT2D eigenvalue weighted by Gasteiger charge is -2.13. The number of aromatic nitrogens is 14. The zero-order chi connectivity index (χ0) is 79.4. The lowest BCUT2D eigenvalue weighted by atomic mass is 9.95. The molecule has 0 saturated carbocycles. The van der Waals surface area contributed by atoms with E-state index in [1.54, 1.807) is 0 Å². The summed E-state index contributed by atoms with van der Waals surface area (Å²) in [5.41, 5.74) is 23.9. The van der Waals surface area contributed by atoms with Crippen molar-refractivity contribution in [3.05, 3.63) is 389 Å². The second-order valence-electron chi connectivity index (χ2n) is 29.6. The minimum Gasteiger partial charge on any atom is -0.264 e. The Hall–Kier alpha value is -16.6. The molecule has 558 valence electrons. The van der Waals surface area contributed by atoms with E-state index in [1.165, 1.54) is 0 Å². The highest BCUT2D eigenvalue weighted by Gasteiger charge is 2.20. The summed E-state index contributed by atoms with van der Waals surface area (Å²) >= 11 is 0. The van der Waals surface area contributed by atoms with E-state index in [0.717, 1.165) is 187 Å². The Labute approximate surface area is 687 Å². The highest BCUT2D eigenvalue weighted by Crippen LogP contribution is 2.40. The molecule has 0 aliphatic heterocycles. The molecule has 0 N–H and O–H groups in total. The maximum atomic E-state index is 5.21. The van der Waals surface area contributed by atoms with Crippen molar-refractivity contribution in [1.82, 2.24) is 69.8 Å². The van der Waals surface area contributed by atoms with Crippen LogP contribution < -0.4 is 0 Å². The normalized spacial score (nSPS) is 11.5. The second-order valence-corrected chi connectivity index (χ2v) is 29.6. The van der Waals surface area contributed by atoms with Gasteiger partial charge >= 0.3 is 0 Å². The molecule has 10 aromatic heterocycles. The van der Waals surface area contributed by atoms with E-state index < -0.39 is 0 Å². The van der Waals surface area contributed by atoms with Gasteiger partial charge in [0.15, 0.2) is 34.9 Å². The van der Waals surface area contributed by atoms with E-state index in [0.29, 0.717) is 46.3 Å². The lowest BCUT2D eigenvalue weighted by Crippen LogP contribution is -2.01. The van der Waals surface area contributed by atoms with Crippen molar-refractivity contribution >= 4 is 97.9 Å². The highest BCUT2D eigenvalue weighted by atomic mass is 15.1. The quantitative estimate of drug-likeness (QED) is 0.105. The molecule has 0 unspecified atom stereocenters. The van der Waals surface area contributed by atoms with Crippen LogP contribution in [0.15, 0.2) is 389 Å². The number of pyridine rings is 8. The largest absolute Gasteiger partial charge is 0.264 e. The molecule has 13 aromatic carbocycles. The number of hydrogen-bond donors (Lipinski definition) is 0. The third-order valence-electron chi connectivity index (χ3n) is 22.2. The van der Waals surface area contributed by atoms with E-state index >= 15 is 0 Å². The summed E-state index contributed by atoms with van der Waals surface area (Å²) in [6.07, 6.45) is 7.38. The molecule has 0 radical (unpaired) electrons. The van der Waals surface area contributed by atoms with Crippen LogP contribution in [0.1, 0.15) is 0 Å². The van der Waals surface area contributed by atoms with E-state index in [2.05, 4.69) is 227 Å². The fourth-order valence-electron chi connectivity index (χ4n) is 16.1. The van der Waals surface area contributed by atoms with E-state index in [4.69, 9.17) is 54.8 Å². The first kappa shape index (κ1) is 70.1. The van der Waals surface area contributed by atoms with Crippen molar-refractivity contribution in [2.45, 2.75) is 0 Å². The van der Waals surface area contributed by atoms with Crippen LogP contribution in [0, 0.1) is 0 Å². The molecule has 14 heteroatoms. The summed E-state index contributed by atoms with van der Waals surface area (Å²) in [5.74, 6) is 3.48. The fraction of sp³-hybridized carbons (Fsp3) is 0. The summed E-state index contributed by atoms with van der Waals surface area (Å²) in [7, 11) is 0. The van der Waals surface area contributed by atoms with Crippen LogP contribution in [0.2, 0.25) is 0 Å². The first-order chi connectivity index (χ1) is 59.4. The third kappa shape index (κ3) is 13.4. The second kappa shape index (κ2) is 30.0. The van der Waals surface area contributed by atoms with Gasteiger partial charge in [-0.3, -0.25) is 15.0 Å². The minimum atomic E-state index is 0.525. The average molecular weight is 1530 g/mol. The Morgan fingerprint density at radius 1 is 0.158 bits per heavy atom. The van der Waals surface area contributed by atoms with Crippen LogP contribution in [-0.2, 0) is 0 Å². The average Bonchev–Trinajstić information content (AvgIpc) is 0.758. The first-order valence-electron chi connectivity index (χ1n) is 39.7. The number of fused-ring (bicyclic) bond motifs is 11. The van der Waals surface area contributed by atoms with E-state index in [9.17, 15) is 0 Å². The molecule has 120 heavy (non-hydrogen) atoms. The summed E-state index contributed by atoms with van der Waals surface area (Å²) < 4.78 is 0. The maximum absolute atomic E-state index is 5.21. The molecule has 0 aliphatic rings. The van der Waals surface area contributed by atoms with Gasteiger partial charge in [-0.1, -0.05) is 273 Å². The summed E-state index contributed by atoms with van der Waals surface area (Å²) in [6, 6.07) is 125. The Kier molecular flexibility index (Phi) is 17.5. The molecule has 0 atom stereocenters. The minimum absolute atomic E-state index is 0.525. The van der Waals surface area contributed by atoms with Crippen LogP contribution in [-0.4, -0.2) is 69.8 Å². The molecule has 0 saturated heterocycles. The maximum Gasteiger partial charge on any atom is 0.182 e. The monoisotopic (exact) mass is 1530 g/mol. The molecule has 0 bridgehead atoms. The smallest absolute Gasteiger partial charge is 0.182 e. The molecule has 0 fully saturated rings. The Morgan fingerprint density at radius 2 is 0.550 bits per heavy atom. The zero-order valence-corrected chi connectivity index (χ0v) is 64.2. The van der Waals surface area contributed by atoms with E-state index in [1.807, 2.05) is 176 Å². The number of rotatable bonds is 12. The van der Waals surface area contributed by atoms with Crippen molar-refractivity contribution < 1.29 is 0 Å². The predicted molar refractivity (Wildman–Crippen MR) is 485 cm³/mol. The van der Waals surface area contributed by atoms with Gasteiger partial charge in [0.05, 0.1) is 55.7 Å². The SMILES string of the molecule is c1ccc(-c2nc(-c3ccccc3)nc(-c3ccc4ccc(-c5ccc6nc(-c7ccc(-c8cc9cccnc9c9ncccc89)cc7)ccc6c5)cc4n3)n2)cc1.c1ccc(-c2nc(-c3ccccc3)nc(-c3ccc4ccc(-c5ccc6nc(-c7ccc(-c8ccc9ccc%10ccncc%10c9n8)c8ccccc78)ccc6c5)cc4n3)n2)cc1. The van der Waals surface area contributed by atoms with Gasteiger partial charge in [0.1, 0.15) is 11.4 Å². The van der Waals surface area contributed by atoms with Crippen LogP contribution >= 0.6 is 0 Å². The van der Waals surface area contributed by atoms with Crippen LogP contribution in [0.5, 0.6) is 0 Å². The molecule has 0 aliphatic carbocycles. The van der Waals surface area contributed by atoms with Gasteiger partial charge in [0, 0.05) is 107 Å². The Balaban J connectivity index is 0.000000144. The van der Waals surface area contributed by atoms with Crippen molar-refractivity contribution in [3.63, 3.8) is 0 Å². The number of benzene rings is 13. The number of hydrogen-bond acceptors (Lipinski definition) is 14. The van der Waals surface area contributed by atoms with Gasteiger partial charge in [-0.25, -0.2) is 54.8 Å². The van der Waals surface area contributed by atoms with Crippen molar-refractivity contribution in [3.8, 4) is 136 Å². The van der Waals surface area contributed by atoms with Crippen molar-refractivity contribution in [2.24, 2.45) is 0 Å². The molecule has 23 rings (SSSR count). The molecular formula is C106H64N14. The van der Waals surface area contributed by atoms with Gasteiger partial charge in [0.25, 0.3) is 0 Å². The van der Waals surface area contributed by atoms with Crippen LogP contribution in [0.3, 0.4) is 0 Å². The molecule has 23 aromatic rings. The predicted octanol–water partition coefficient (Wildman–Crippen LogP) is 25.3. The molecule has 0 spiro atoms. The van der Waals surface area contributed by atoms with Gasteiger partial charge < -0.3 is 0 Å². The molecule has 0 amide bonds. The number of nitrogens with zero attached hydrogens (tertiary/aromatic N) is 14. The fourth-order valence-corrected chi connectivity index (χ4v) is 16.1. The van der Waals surface area contributed by atoms with Crippen molar-refractivity contribution in [2.75, 3.05) is 0 Å². The summed E-state index contributed by atoms with van der Waals surface area (Å²) in [4.78, 5) is 68.7. The summed E-state index contributed by atoms with van der Waals surface area (Å²) in [6.45, 7) is 0. The van der Waals surface area contributed by atoms with Gasteiger partial charge in [-0.2, -0.15) is 0 Å². The zero-order valence-electron chi connectivity index (χ0n) is 64.2. The molecular weight excluding hydrogens is 1470 g/mol. The first-order valence-corrected chi connectivity index (χ1v) is 39.7. The van der Waals surface area contributed by atoms with Gasteiger partial charge in [0.2, 0.25) is 0 Å². The topological polar surface area (TPSA) is 180 Å². The highest BCUT2D eigenvalue weighted by molar-refractivity contribution is 6.11. The Bertz CT molecular complexity index is 7860. The van der Waals surface area contributed by atoms with E-state index in [-0.39, 0.29) is 0 Å². The van der Waals surface area contributed by atoms with Gasteiger partial charge in [-0.05, 0) is 141 Å². The van der Waals surface area contributed by atoms with Gasteiger partial charge in [-0.15, -0.1) is 0 Å². The summed E-state index contributed by atoms with van der Waals surface area (Å²) in [5, 5.41) is 11.9. The lowest BCUT2D eigenvalue weighted by molar-refractivity contribution is 1.06. The third-order valence-corrected chi connectivity index (χ3v) is 22.2. The Morgan fingerprint density at radius 3 is 1.10 bits per heavy atom. The molecule has 14 nitrogen and oxygen atoms in total. The molecule has 10 heterocycles.